The van der Waals surface area contributed by atoms with Crippen LogP contribution in [0.15, 0.2) is 94.4 Å². The third-order valence-corrected chi connectivity index (χ3v) is 6.55. The predicted octanol–water partition coefficient (Wildman–Crippen LogP) is 6.29. The van der Waals surface area contributed by atoms with Gasteiger partial charge in [0.25, 0.3) is 11.8 Å². The Morgan fingerprint density at radius 3 is 2.29 bits per heavy atom. The quantitative estimate of drug-likeness (QED) is 0.209. The standard InChI is InChI=1S/C27H23ClN2O4S/c1-2-3-17-34-27(33)18-9-13-21(14-10-18)30-25(31)23(29-20-7-5-4-6-8-20)24(26(30)32)35-22-15-11-19(28)12-16-22/h4-16,29H,2-3,17H2,1H3. The second kappa shape index (κ2) is 11.3. The van der Waals surface area contributed by atoms with E-state index in [2.05, 4.69) is 5.32 Å². The summed E-state index contributed by atoms with van der Waals surface area (Å²) in [6.07, 6.45) is 1.71. The summed E-state index contributed by atoms with van der Waals surface area (Å²) in [6, 6.07) is 22.5. The summed E-state index contributed by atoms with van der Waals surface area (Å²) in [5.74, 6) is -1.37. The average molecular weight is 507 g/mol. The van der Waals surface area contributed by atoms with E-state index in [4.69, 9.17) is 16.3 Å². The van der Waals surface area contributed by atoms with Gasteiger partial charge in [0.05, 0.1) is 17.9 Å². The second-order valence-electron chi connectivity index (χ2n) is 7.73. The largest absolute Gasteiger partial charge is 0.462 e. The number of rotatable bonds is 9. The second-order valence-corrected chi connectivity index (χ2v) is 9.25. The molecule has 178 valence electrons. The van der Waals surface area contributed by atoms with E-state index in [1.54, 1.807) is 48.5 Å². The third-order valence-electron chi connectivity index (χ3n) is 5.21. The maximum atomic E-state index is 13.5. The maximum absolute atomic E-state index is 13.5. The summed E-state index contributed by atoms with van der Waals surface area (Å²) in [6.45, 7) is 2.37. The number of imide groups is 1. The fraction of sp³-hybridized carbons (Fsp3) is 0.148. The fourth-order valence-corrected chi connectivity index (χ4v) is 4.43. The molecule has 0 aliphatic carbocycles. The number of carbonyl (C=O) groups is 3. The first kappa shape index (κ1) is 24.6. The van der Waals surface area contributed by atoms with Crippen LogP contribution in [0.25, 0.3) is 0 Å². The molecule has 1 aliphatic heterocycles. The molecule has 6 nitrogen and oxygen atoms in total. The Balaban J connectivity index is 1.61. The molecule has 3 aromatic carbocycles. The Hall–Kier alpha value is -3.55. The van der Waals surface area contributed by atoms with Gasteiger partial charge in [-0.25, -0.2) is 9.69 Å². The maximum Gasteiger partial charge on any atom is 0.338 e. The SMILES string of the molecule is CCCCOC(=O)c1ccc(N2C(=O)C(Nc3ccccc3)=C(Sc3ccc(Cl)cc3)C2=O)cc1. The summed E-state index contributed by atoms with van der Waals surface area (Å²) < 4.78 is 5.23. The van der Waals surface area contributed by atoms with Gasteiger partial charge in [-0.1, -0.05) is 54.9 Å². The lowest BCUT2D eigenvalue weighted by Crippen LogP contribution is -2.32. The summed E-state index contributed by atoms with van der Waals surface area (Å²) in [5.41, 5.74) is 1.59. The van der Waals surface area contributed by atoms with Gasteiger partial charge >= 0.3 is 5.97 Å². The highest BCUT2D eigenvalue weighted by atomic mass is 35.5. The van der Waals surface area contributed by atoms with Crippen LogP contribution in [-0.2, 0) is 14.3 Å². The molecule has 0 saturated carbocycles. The predicted molar refractivity (Wildman–Crippen MR) is 139 cm³/mol. The van der Waals surface area contributed by atoms with Crippen LogP contribution < -0.4 is 10.2 Å². The normalized spacial score (nSPS) is 13.4. The minimum Gasteiger partial charge on any atom is -0.462 e. The van der Waals surface area contributed by atoms with Crippen molar-refractivity contribution in [1.82, 2.24) is 0 Å². The van der Waals surface area contributed by atoms with Gasteiger partial charge in [0.15, 0.2) is 0 Å². The first-order valence-electron chi connectivity index (χ1n) is 11.1. The van der Waals surface area contributed by atoms with Crippen molar-refractivity contribution in [3.05, 3.63) is 100 Å². The molecule has 35 heavy (non-hydrogen) atoms. The number of esters is 1. The Morgan fingerprint density at radius 2 is 1.63 bits per heavy atom. The molecule has 0 atom stereocenters. The van der Waals surface area contributed by atoms with E-state index in [0.717, 1.165) is 22.6 Å². The van der Waals surface area contributed by atoms with E-state index in [1.165, 1.54) is 11.8 Å². The van der Waals surface area contributed by atoms with Crippen molar-refractivity contribution >= 4 is 52.5 Å². The van der Waals surface area contributed by atoms with E-state index in [9.17, 15) is 14.4 Å². The number of nitrogens with one attached hydrogen (secondary N) is 1. The highest BCUT2D eigenvalue weighted by molar-refractivity contribution is 8.04. The molecule has 0 saturated heterocycles. The summed E-state index contributed by atoms with van der Waals surface area (Å²) in [7, 11) is 0. The van der Waals surface area contributed by atoms with Crippen LogP contribution in [0.1, 0.15) is 30.1 Å². The smallest absolute Gasteiger partial charge is 0.338 e. The Bertz CT molecular complexity index is 1260. The summed E-state index contributed by atoms with van der Waals surface area (Å²) in [5, 5.41) is 3.69. The van der Waals surface area contributed by atoms with Crippen LogP contribution in [0.4, 0.5) is 11.4 Å². The van der Waals surface area contributed by atoms with Crippen LogP contribution >= 0.6 is 23.4 Å². The monoisotopic (exact) mass is 506 g/mol. The Labute approximate surface area is 212 Å². The molecular formula is C27H23ClN2O4S. The number of para-hydroxylation sites is 1. The van der Waals surface area contributed by atoms with Crippen molar-refractivity contribution in [3.8, 4) is 0 Å². The molecule has 0 bridgehead atoms. The van der Waals surface area contributed by atoms with E-state index in [1.807, 2.05) is 37.3 Å². The number of thioether (sulfide) groups is 1. The first-order chi connectivity index (χ1) is 17.0. The number of hydrogen-bond acceptors (Lipinski definition) is 6. The van der Waals surface area contributed by atoms with Gasteiger partial charge in [-0.05, 0) is 67.1 Å². The van der Waals surface area contributed by atoms with Crippen molar-refractivity contribution in [1.29, 1.82) is 0 Å². The number of hydrogen-bond donors (Lipinski definition) is 1. The molecule has 0 spiro atoms. The van der Waals surface area contributed by atoms with Gasteiger partial charge in [-0.3, -0.25) is 9.59 Å². The lowest BCUT2D eigenvalue weighted by molar-refractivity contribution is -0.120. The number of carbonyl (C=O) groups excluding carboxylic acids is 3. The van der Waals surface area contributed by atoms with Crippen LogP contribution in [0.3, 0.4) is 0 Å². The zero-order valence-electron chi connectivity index (χ0n) is 19.0. The minimum atomic E-state index is -0.478. The number of halogens is 1. The first-order valence-corrected chi connectivity index (χ1v) is 12.3. The van der Waals surface area contributed by atoms with Crippen LogP contribution in [-0.4, -0.2) is 24.4 Å². The fourth-order valence-electron chi connectivity index (χ4n) is 3.37. The Kier molecular flexibility index (Phi) is 7.90. The van der Waals surface area contributed by atoms with Gasteiger partial charge < -0.3 is 10.1 Å². The molecule has 1 heterocycles. The van der Waals surface area contributed by atoms with Gasteiger partial charge in [0.1, 0.15) is 10.6 Å². The molecule has 3 aromatic rings. The molecule has 4 rings (SSSR count). The number of ether oxygens (including phenoxy) is 1. The molecule has 1 N–H and O–H groups in total. The molecular weight excluding hydrogens is 484 g/mol. The molecule has 1 aliphatic rings. The minimum absolute atomic E-state index is 0.184. The zero-order valence-corrected chi connectivity index (χ0v) is 20.6. The van der Waals surface area contributed by atoms with Gasteiger partial charge in [-0.15, -0.1) is 0 Å². The third kappa shape index (κ3) is 5.75. The highest BCUT2D eigenvalue weighted by Gasteiger charge is 2.40. The van der Waals surface area contributed by atoms with Crippen LogP contribution in [0.5, 0.6) is 0 Å². The van der Waals surface area contributed by atoms with Crippen molar-refractivity contribution < 1.29 is 19.1 Å². The lowest BCUT2D eigenvalue weighted by atomic mass is 10.2. The van der Waals surface area contributed by atoms with Crippen molar-refractivity contribution in [2.45, 2.75) is 24.7 Å². The zero-order chi connectivity index (χ0) is 24.8. The molecule has 8 heteroatoms. The average Bonchev–Trinajstić information content (AvgIpc) is 3.10. The number of benzene rings is 3. The topological polar surface area (TPSA) is 75.7 Å². The summed E-state index contributed by atoms with van der Waals surface area (Å²) >= 11 is 7.18. The van der Waals surface area contributed by atoms with E-state index in [-0.39, 0.29) is 10.6 Å². The van der Waals surface area contributed by atoms with Gasteiger partial charge in [0.2, 0.25) is 0 Å². The number of nitrogens with zero attached hydrogens (tertiary/aromatic N) is 1. The van der Waals surface area contributed by atoms with E-state index in [0.29, 0.717) is 28.6 Å². The molecule has 0 aromatic heterocycles. The van der Waals surface area contributed by atoms with Gasteiger partial charge in [-0.2, -0.15) is 0 Å². The lowest BCUT2D eigenvalue weighted by Gasteiger charge is -2.16. The van der Waals surface area contributed by atoms with E-state index >= 15 is 0 Å². The molecule has 0 fully saturated rings. The van der Waals surface area contributed by atoms with E-state index < -0.39 is 17.8 Å². The van der Waals surface area contributed by atoms with Crippen LogP contribution in [0, 0.1) is 0 Å². The number of unbranched alkanes of at least 4 members (excludes halogenated alkanes) is 1. The number of amides is 2. The molecule has 2 amide bonds. The Morgan fingerprint density at radius 1 is 0.943 bits per heavy atom. The van der Waals surface area contributed by atoms with Crippen LogP contribution in [0.2, 0.25) is 5.02 Å². The van der Waals surface area contributed by atoms with Crippen molar-refractivity contribution in [2.75, 3.05) is 16.8 Å². The number of anilines is 2. The molecule has 0 radical (unpaired) electrons. The summed E-state index contributed by atoms with van der Waals surface area (Å²) in [4.78, 5) is 41.2. The highest BCUT2D eigenvalue weighted by Crippen LogP contribution is 2.38. The molecule has 0 unspecified atom stereocenters. The van der Waals surface area contributed by atoms with Crippen molar-refractivity contribution in [3.63, 3.8) is 0 Å². The van der Waals surface area contributed by atoms with Gasteiger partial charge in [0, 0.05) is 15.6 Å². The van der Waals surface area contributed by atoms with Crippen molar-refractivity contribution in [2.24, 2.45) is 0 Å².